The van der Waals surface area contributed by atoms with Gasteiger partial charge in [-0.2, -0.15) is 4.98 Å². The molecule has 0 saturated heterocycles. The van der Waals surface area contributed by atoms with Gasteiger partial charge in [-0.1, -0.05) is 18.2 Å². The van der Waals surface area contributed by atoms with Crippen molar-refractivity contribution in [2.45, 2.75) is 4.90 Å². The van der Waals surface area contributed by atoms with Gasteiger partial charge in [0.05, 0.1) is 54.2 Å². The van der Waals surface area contributed by atoms with Crippen molar-refractivity contribution in [2.75, 3.05) is 31.4 Å². The lowest BCUT2D eigenvalue weighted by molar-refractivity contribution is 0.100. The van der Waals surface area contributed by atoms with Crippen molar-refractivity contribution in [3.63, 3.8) is 0 Å². The van der Waals surface area contributed by atoms with E-state index in [1.165, 1.54) is 39.7 Å². The number of nitrogens with two attached hydrogens (primary N) is 1. The predicted molar refractivity (Wildman–Crippen MR) is 158 cm³/mol. The normalized spacial score (nSPS) is 11.1. The van der Waals surface area contributed by atoms with Gasteiger partial charge in [-0.3, -0.25) is 14.5 Å². The van der Waals surface area contributed by atoms with E-state index in [9.17, 15) is 13.2 Å². The topological polar surface area (TPSA) is 168 Å². The molecular formula is C29H26N6O6S. The van der Waals surface area contributed by atoms with E-state index < -0.39 is 15.9 Å². The zero-order valence-corrected chi connectivity index (χ0v) is 23.6. The number of ether oxygens (including phenoxy) is 3. The van der Waals surface area contributed by atoms with E-state index in [0.29, 0.717) is 45.2 Å². The third-order valence-electron chi connectivity index (χ3n) is 6.31. The van der Waals surface area contributed by atoms with Gasteiger partial charge in [-0.15, -0.1) is 0 Å². The van der Waals surface area contributed by atoms with E-state index in [0.717, 1.165) is 5.56 Å². The van der Waals surface area contributed by atoms with E-state index >= 15 is 0 Å². The van der Waals surface area contributed by atoms with E-state index in [4.69, 9.17) is 19.9 Å². The molecule has 0 fully saturated rings. The number of primary amides is 1. The highest BCUT2D eigenvalue weighted by Crippen LogP contribution is 2.35. The number of nitrogens with zero attached hydrogens (tertiary/aromatic N) is 3. The van der Waals surface area contributed by atoms with Gasteiger partial charge < -0.3 is 25.3 Å². The van der Waals surface area contributed by atoms with Gasteiger partial charge in [0.25, 0.3) is 15.9 Å². The van der Waals surface area contributed by atoms with Crippen LogP contribution in [0, 0.1) is 0 Å². The highest BCUT2D eigenvalue weighted by Gasteiger charge is 2.18. The first-order valence-corrected chi connectivity index (χ1v) is 13.9. The van der Waals surface area contributed by atoms with Gasteiger partial charge in [0.15, 0.2) is 0 Å². The van der Waals surface area contributed by atoms with Crippen LogP contribution in [-0.4, -0.2) is 50.6 Å². The fourth-order valence-electron chi connectivity index (χ4n) is 4.26. The number of methoxy groups -OCH3 is 3. The molecule has 0 saturated carbocycles. The van der Waals surface area contributed by atoms with Crippen molar-refractivity contribution in [3.8, 4) is 28.8 Å². The molecule has 0 aliphatic rings. The minimum absolute atomic E-state index is 0.0764. The van der Waals surface area contributed by atoms with Crippen LogP contribution in [0.5, 0.6) is 17.6 Å². The summed E-state index contributed by atoms with van der Waals surface area (Å²) in [6.07, 6.45) is 2.97. The average molecular weight is 587 g/mol. The molecule has 3 aromatic carbocycles. The summed E-state index contributed by atoms with van der Waals surface area (Å²) in [4.78, 5) is 25.3. The molecule has 0 aliphatic heterocycles. The second kappa shape index (κ2) is 11.6. The summed E-state index contributed by atoms with van der Waals surface area (Å²) in [6.45, 7) is 0. The van der Waals surface area contributed by atoms with E-state index in [1.807, 2.05) is 6.07 Å². The van der Waals surface area contributed by atoms with Gasteiger partial charge in [-0.25, -0.2) is 13.4 Å². The van der Waals surface area contributed by atoms with Crippen LogP contribution < -0.4 is 30.0 Å². The Kier molecular flexibility index (Phi) is 7.76. The zero-order valence-electron chi connectivity index (χ0n) is 22.8. The zero-order chi connectivity index (χ0) is 29.9. The molecule has 42 heavy (non-hydrogen) atoms. The van der Waals surface area contributed by atoms with Gasteiger partial charge in [0.1, 0.15) is 5.75 Å². The molecule has 0 atom stereocenters. The molecular weight excluding hydrogens is 560 g/mol. The van der Waals surface area contributed by atoms with Crippen LogP contribution >= 0.6 is 0 Å². The molecule has 13 heteroatoms. The Hall–Kier alpha value is -5.43. The molecule has 0 unspecified atom stereocenters. The predicted octanol–water partition coefficient (Wildman–Crippen LogP) is 4.36. The number of hydrogen-bond donors (Lipinski definition) is 3. The first-order valence-electron chi connectivity index (χ1n) is 12.4. The maximum absolute atomic E-state index is 13.0. The molecule has 5 aromatic rings. The quantitative estimate of drug-likeness (QED) is 0.214. The summed E-state index contributed by atoms with van der Waals surface area (Å²) in [5, 5.41) is 3.82. The molecule has 214 valence electrons. The maximum atomic E-state index is 13.0. The second-order valence-electron chi connectivity index (χ2n) is 8.91. The van der Waals surface area contributed by atoms with Gasteiger partial charge >= 0.3 is 6.01 Å². The Morgan fingerprint density at radius 1 is 0.857 bits per heavy atom. The standard InChI is InChI=1S/C29H26N6O6S/c1-39-20-8-10-21(11-9-20)42(37,38)35-19-6-4-5-18(14-19)33-26-22-12-7-17(13-25(22)31-16-24(26)27(30)36)23-15-32-29(41-3)34-28(23)40-2/h4-16,35H,1-3H3,(H2,30,36)(H,31,33). The summed E-state index contributed by atoms with van der Waals surface area (Å²) < 4.78 is 44.1. The lowest BCUT2D eigenvalue weighted by atomic mass is 10.0. The summed E-state index contributed by atoms with van der Waals surface area (Å²) in [7, 11) is 0.591. The minimum atomic E-state index is -3.87. The largest absolute Gasteiger partial charge is 0.497 e. The van der Waals surface area contributed by atoms with Crippen molar-refractivity contribution in [1.29, 1.82) is 0 Å². The number of carbonyl (C=O) groups excluding carboxylic acids is 1. The number of fused-ring (bicyclic) bond motifs is 1. The third-order valence-corrected chi connectivity index (χ3v) is 7.70. The first kappa shape index (κ1) is 28.1. The lowest BCUT2D eigenvalue weighted by Gasteiger charge is -2.15. The van der Waals surface area contributed by atoms with Crippen LogP contribution in [0.25, 0.3) is 22.0 Å². The van der Waals surface area contributed by atoms with Crippen LogP contribution in [0.1, 0.15) is 10.4 Å². The van der Waals surface area contributed by atoms with Crippen molar-refractivity contribution < 1.29 is 27.4 Å². The van der Waals surface area contributed by atoms with Crippen molar-refractivity contribution >= 4 is 43.9 Å². The average Bonchev–Trinajstić information content (AvgIpc) is 3.00. The fourth-order valence-corrected chi connectivity index (χ4v) is 5.31. The monoisotopic (exact) mass is 586 g/mol. The number of hydrogen-bond acceptors (Lipinski definition) is 10. The summed E-state index contributed by atoms with van der Waals surface area (Å²) in [5.41, 5.74) is 8.96. The highest BCUT2D eigenvalue weighted by atomic mass is 32.2. The van der Waals surface area contributed by atoms with E-state index in [-0.39, 0.29) is 16.5 Å². The number of pyridine rings is 1. The lowest BCUT2D eigenvalue weighted by Crippen LogP contribution is -2.14. The molecule has 0 spiro atoms. The smallest absolute Gasteiger partial charge is 0.319 e. The number of carbonyl (C=O) groups is 1. The summed E-state index contributed by atoms with van der Waals surface area (Å²) in [5.74, 6) is 0.179. The van der Waals surface area contributed by atoms with Crippen LogP contribution in [0.4, 0.5) is 17.1 Å². The van der Waals surface area contributed by atoms with Crippen LogP contribution in [0.2, 0.25) is 0 Å². The number of anilines is 3. The van der Waals surface area contributed by atoms with Crippen LogP contribution in [0.15, 0.2) is 84.0 Å². The highest BCUT2D eigenvalue weighted by molar-refractivity contribution is 7.92. The Bertz CT molecular complexity index is 1900. The Morgan fingerprint density at radius 2 is 1.62 bits per heavy atom. The molecule has 4 N–H and O–H groups in total. The van der Waals surface area contributed by atoms with Crippen molar-refractivity contribution in [2.24, 2.45) is 5.73 Å². The Labute approximate surface area is 241 Å². The van der Waals surface area contributed by atoms with Gasteiger partial charge in [-0.05, 0) is 54.1 Å². The summed E-state index contributed by atoms with van der Waals surface area (Å²) >= 11 is 0. The number of nitrogens with one attached hydrogen (secondary N) is 2. The van der Waals surface area contributed by atoms with Crippen molar-refractivity contribution in [1.82, 2.24) is 15.0 Å². The Morgan fingerprint density at radius 3 is 2.31 bits per heavy atom. The molecule has 2 heterocycles. The number of aromatic nitrogens is 3. The molecule has 0 radical (unpaired) electrons. The van der Waals surface area contributed by atoms with Crippen LogP contribution in [-0.2, 0) is 10.0 Å². The van der Waals surface area contributed by atoms with Gasteiger partial charge in [0.2, 0.25) is 5.88 Å². The first-order chi connectivity index (χ1) is 20.2. The third kappa shape index (κ3) is 5.71. The molecule has 12 nitrogen and oxygen atoms in total. The molecule has 5 rings (SSSR count). The Balaban J connectivity index is 1.49. The SMILES string of the molecule is COc1ccc(S(=O)(=O)Nc2cccc(Nc3c(C(N)=O)cnc4cc(-c5cnc(OC)nc5OC)ccc34)c2)cc1. The molecule has 0 bridgehead atoms. The number of sulfonamides is 1. The minimum Gasteiger partial charge on any atom is -0.497 e. The number of rotatable bonds is 10. The second-order valence-corrected chi connectivity index (χ2v) is 10.6. The molecule has 0 aliphatic carbocycles. The van der Waals surface area contributed by atoms with Gasteiger partial charge in [0, 0.05) is 23.5 Å². The van der Waals surface area contributed by atoms with E-state index in [2.05, 4.69) is 25.0 Å². The summed E-state index contributed by atoms with van der Waals surface area (Å²) in [6, 6.07) is 18.2. The van der Waals surface area contributed by atoms with E-state index in [1.54, 1.807) is 54.7 Å². The van der Waals surface area contributed by atoms with Crippen LogP contribution in [0.3, 0.4) is 0 Å². The fraction of sp³-hybridized carbons (Fsp3) is 0.103. The molecule has 1 amide bonds. The number of amides is 1. The number of benzene rings is 3. The molecule has 2 aromatic heterocycles. The maximum Gasteiger partial charge on any atom is 0.319 e. The van der Waals surface area contributed by atoms with Crippen molar-refractivity contribution in [3.05, 3.63) is 84.7 Å².